The number of hydrogen-bond donors (Lipinski definition) is 1. The van der Waals surface area contributed by atoms with Crippen LogP contribution < -0.4 is 10.1 Å². The van der Waals surface area contributed by atoms with Gasteiger partial charge in [0.05, 0.1) is 10.9 Å². The molecule has 0 aliphatic rings. The van der Waals surface area contributed by atoms with E-state index in [1.807, 2.05) is 50.6 Å². The lowest BCUT2D eigenvalue weighted by Gasteiger charge is -2.14. The van der Waals surface area contributed by atoms with Gasteiger partial charge in [0.15, 0.2) is 16.1 Å². The summed E-state index contributed by atoms with van der Waals surface area (Å²) < 4.78 is 7.87. The summed E-state index contributed by atoms with van der Waals surface area (Å²) in [5.41, 5.74) is 2.10. The van der Waals surface area contributed by atoms with E-state index in [1.165, 1.54) is 23.1 Å². The Morgan fingerprint density at radius 1 is 1.23 bits per heavy atom. The summed E-state index contributed by atoms with van der Waals surface area (Å²) in [6.07, 6.45) is 0. The SMILES string of the molecule is Cc1nc(NC(=O)C(C)Sc2nnc(COc3ccccc3C(C)C)n2C)sc1C. The fraction of sp³-hybridized carbons (Fsp3) is 0.429. The lowest BCUT2D eigenvalue weighted by atomic mass is 10.0. The zero-order valence-corrected chi connectivity index (χ0v) is 19.7. The predicted molar refractivity (Wildman–Crippen MR) is 121 cm³/mol. The molecule has 1 atom stereocenters. The fourth-order valence-electron chi connectivity index (χ4n) is 2.75. The van der Waals surface area contributed by atoms with Gasteiger partial charge in [-0.05, 0) is 38.3 Å². The molecule has 9 heteroatoms. The van der Waals surface area contributed by atoms with Gasteiger partial charge < -0.3 is 14.6 Å². The Bertz CT molecular complexity index is 1010. The summed E-state index contributed by atoms with van der Waals surface area (Å²) in [5, 5.41) is 12.3. The number of nitrogens with one attached hydrogen (secondary N) is 1. The number of ether oxygens (including phenoxy) is 1. The summed E-state index contributed by atoms with van der Waals surface area (Å²) in [7, 11) is 1.88. The molecule has 0 radical (unpaired) electrons. The number of aromatic nitrogens is 4. The Hall–Kier alpha value is -2.39. The van der Waals surface area contributed by atoms with E-state index in [-0.39, 0.29) is 11.2 Å². The quantitative estimate of drug-likeness (QED) is 0.506. The molecule has 1 amide bonds. The molecule has 0 aliphatic carbocycles. The summed E-state index contributed by atoms with van der Waals surface area (Å²) in [6.45, 7) is 10.4. The van der Waals surface area contributed by atoms with Crippen molar-refractivity contribution in [3.8, 4) is 5.75 Å². The average molecular weight is 446 g/mol. The third kappa shape index (κ3) is 5.20. The smallest absolute Gasteiger partial charge is 0.239 e. The first-order chi connectivity index (χ1) is 14.3. The normalized spacial score (nSPS) is 12.2. The number of thioether (sulfide) groups is 1. The van der Waals surface area contributed by atoms with Crippen molar-refractivity contribution in [2.45, 2.75) is 57.5 Å². The van der Waals surface area contributed by atoms with E-state index in [4.69, 9.17) is 4.74 Å². The topological polar surface area (TPSA) is 81.9 Å². The third-order valence-electron chi connectivity index (χ3n) is 4.73. The monoisotopic (exact) mass is 445 g/mol. The lowest BCUT2D eigenvalue weighted by Crippen LogP contribution is -2.22. The minimum Gasteiger partial charge on any atom is -0.485 e. The summed E-state index contributed by atoms with van der Waals surface area (Å²) in [6, 6.07) is 8.02. The highest BCUT2D eigenvalue weighted by molar-refractivity contribution is 8.00. The minimum absolute atomic E-state index is 0.111. The van der Waals surface area contributed by atoms with E-state index in [9.17, 15) is 4.79 Å². The summed E-state index contributed by atoms with van der Waals surface area (Å²) >= 11 is 2.84. The minimum atomic E-state index is -0.340. The number of hydrogen-bond acceptors (Lipinski definition) is 7. The summed E-state index contributed by atoms with van der Waals surface area (Å²) in [5.74, 6) is 1.82. The highest BCUT2D eigenvalue weighted by Crippen LogP contribution is 2.28. The van der Waals surface area contributed by atoms with E-state index >= 15 is 0 Å². The second-order valence-corrected chi connectivity index (χ2v) is 9.86. The molecule has 0 saturated heterocycles. The van der Waals surface area contributed by atoms with Crippen molar-refractivity contribution in [1.82, 2.24) is 19.7 Å². The molecule has 2 heterocycles. The standard InChI is InChI=1S/C21H27N5O2S2/c1-12(2)16-9-7-8-10-17(16)28-11-18-24-25-21(26(18)6)30-15(5)19(27)23-20-22-13(3)14(4)29-20/h7-10,12,15H,11H2,1-6H3,(H,22,23,27). The molecule has 3 rings (SSSR count). The molecule has 0 fully saturated rings. The van der Waals surface area contributed by atoms with Crippen LogP contribution in [-0.2, 0) is 18.4 Å². The van der Waals surface area contributed by atoms with Crippen LogP contribution in [0.25, 0.3) is 0 Å². The molecule has 7 nitrogen and oxygen atoms in total. The van der Waals surface area contributed by atoms with Crippen LogP contribution in [0.3, 0.4) is 0 Å². The molecule has 0 spiro atoms. The van der Waals surface area contributed by atoms with Gasteiger partial charge >= 0.3 is 0 Å². The Morgan fingerprint density at radius 2 is 1.97 bits per heavy atom. The van der Waals surface area contributed by atoms with Crippen LogP contribution in [0.4, 0.5) is 5.13 Å². The Labute approximate surface area is 185 Å². The number of aryl methyl sites for hydroxylation is 2. The molecule has 0 bridgehead atoms. The van der Waals surface area contributed by atoms with Gasteiger partial charge in [-0.25, -0.2) is 4.98 Å². The van der Waals surface area contributed by atoms with Gasteiger partial charge in [-0.1, -0.05) is 43.8 Å². The van der Waals surface area contributed by atoms with E-state index in [2.05, 4.69) is 40.4 Å². The maximum Gasteiger partial charge on any atom is 0.239 e. The van der Waals surface area contributed by atoms with Crippen LogP contribution in [-0.4, -0.2) is 30.9 Å². The second-order valence-electron chi connectivity index (χ2n) is 7.35. The largest absolute Gasteiger partial charge is 0.485 e. The molecular formula is C21H27N5O2S2. The van der Waals surface area contributed by atoms with Crippen LogP contribution in [0.2, 0.25) is 0 Å². The Balaban J connectivity index is 1.61. The highest BCUT2D eigenvalue weighted by Gasteiger charge is 2.20. The van der Waals surface area contributed by atoms with E-state index in [1.54, 1.807) is 0 Å². The predicted octanol–water partition coefficient (Wildman–Crippen LogP) is 4.71. The number of nitrogens with zero attached hydrogens (tertiary/aromatic N) is 4. The van der Waals surface area contributed by atoms with Gasteiger partial charge in [0.25, 0.3) is 0 Å². The molecule has 160 valence electrons. The van der Waals surface area contributed by atoms with Gasteiger partial charge in [-0.3, -0.25) is 4.79 Å². The number of carbonyl (C=O) groups is 1. The van der Waals surface area contributed by atoms with E-state index < -0.39 is 0 Å². The van der Waals surface area contributed by atoms with Gasteiger partial charge in [0.2, 0.25) is 5.91 Å². The summed E-state index contributed by atoms with van der Waals surface area (Å²) in [4.78, 5) is 18.0. The third-order valence-corrected chi connectivity index (χ3v) is 6.86. The second kappa shape index (κ2) is 9.61. The highest BCUT2D eigenvalue weighted by atomic mass is 32.2. The molecule has 3 aromatic rings. The molecule has 2 aromatic heterocycles. The molecule has 0 aliphatic heterocycles. The first-order valence-corrected chi connectivity index (χ1v) is 11.5. The number of para-hydroxylation sites is 1. The number of benzene rings is 1. The number of rotatable bonds is 8. The number of carbonyl (C=O) groups excluding carboxylic acids is 1. The average Bonchev–Trinajstić information content (AvgIpc) is 3.21. The Kier molecular flexibility index (Phi) is 7.14. The zero-order valence-electron chi connectivity index (χ0n) is 18.1. The van der Waals surface area contributed by atoms with Crippen molar-refractivity contribution in [3.63, 3.8) is 0 Å². The van der Waals surface area contributed by atoms with E-state index in [0.29, 0.717) is 28.6 Å². The zero-order chi connectivity index (χ0) is 21.8. The molecule has 0 saturated carbocycles. The van der Waals surface area contributed by atoms with Crippen LogP contribution >= 0.6 is 23.1 Å². The van der Waals surface area contributed by atoms with Crippen molar-refractivity contribution in [1.29, 1.82) is 0 Å². The molecule has 1 unspecified atom stereocenters. The van der Waals surface area contributed by atoms with Gasteiger partial charge in [-0.15, -0.1) is 21.5 Å². The van der Waals surface area contributed by atoms with Gasteiger partial charge in [-0.2, -0.15) is 0 Å². The number of amides is 1. The van der Waals surface area contributed by atoms with Crippen molar-refractivity contribution in [2.24, 2.45) is 7.05 Å². The molecule has 1 N–H and O–H groups in total. The molecule has 1 aromatic carbocycles. The van der Waals surface area contributed by atoms with Crippen LogP contribution in [0.5, 0.6) is 5.75 Å². The molecular weight excluding hydrogens is 418 g/mol. The maximum absolute atomic E-state index is 12.5. The lowest BCUT2D eigenvalue weighted by molar-refractivity contribution is -0.115. The number of anilines is 1. The first-order valence-electron chi connectivity index (χ1n) is 9.77. The maximum atomic E-state index is 12.5. The van der Waals surface area contributed by atoms with Crippen LogP contribution in [0, 0.1) is 13.8 Å². The van der Waals surface area contributed by atoms with E-state index in [0.717, 1.165) is 21.9 Å². The van der Waals surface area contributed by atoms with Gasteiger partial charge in [0.1, 0.15) is 12.4 Å². The first kappa shape index (κ1) is 22.3. The van der Waals surface area contributed by atoms with Crippen LogP contribution in [0.15, 0.2) is 29.4 Å². The Morgan fingerprint density at radius 3 is 2.63 bits per heavy atom. The van der Waals surface area contributed by atoms with Crippen molar-refractivity contribution >= 4 is 34.1 Å². The number of thiazole rings is 1. The van der Waals surface area contributed by atoms with Gasteiger partial charge in [0, 0.05) is 11.9 Å². The van der Waals surface area contributed by atoms with Crippen molar-refractivity contribution < 1.29 is 9.53 Å². The fourth-order valence-corrected chi connectivity index (χ4v) is 4.40. The van der Waals surface area contributed by atoms with Crippen LogP contribution in [0.1, 0.15) is 48.6 Å². The van der Waals surface area contributed by atoms with Crippen molar-refractivity contribution in [2.75, 3.05) is 5.32 Å². The molecule has 30 heavy (non-hydrogen) atoms. The van der Waals surface area contributed by atoms with Crippen molar-refractivity contribution in [3.05, 3.63) is 46.2 Å².